The smallest absolute Gasteiger partial charge is 0.385 e. The number of benzene rings is 2. The van der Waals surface area contributed by atoms with Crippen molar-refractivity contribution >= 4 is 17.3 Å². The van der Waals surface area contributed by atoms with Gasteiger partial charge in [-0.2, -0.15) is 13.2 Å². The van der Waals surface area contributed by atoms with Gasteiger partial charge in [0.25, 0.3) is 5.91 Å². The van der Waals surface area contributed by atoms with Crippen LogP contribution in [0.25, 0.3) is 0 Å². The first-order valence-electron chi connectivity index (χ1n) is 8.64. The minimum Gasteiger partial charge on any atom is -0.385 e. The Kier molecular flexibility index (Phi) is 5.93. The molecule has 7 heteroatoms. The molecule has 3 rings (SSSR count). The standard InChI is InChI=1S/C21H18F3N3O/c22-21(23,24)16-7-4-8-18(13-16)27-20(28)19-14-17(10-12-26-19)25-11-9-15-5-2-1-3-6-15/h1-8,10,12-14H,9,11H2,(H,25,26)(H,27,28). The van der Waals surface area contributed by atoms with E-state index < -0.39 is 17.6 Å². The monoisotopic (exact) mass is 385 g/mol. The molecule has 0 aliphatic rings. The fraction of sp³-hybridized carbons (Fsp3) is 0.143. The average molecular weight is 385 g/mol. The van der Waals surface area contributed by atoms with Gasteiger partial charge in [-0.25, -0.2) is 0 Å². The number of hydrogen-bond acceptors (Lipinski definition) is 3. The Hall–Kier alpha value is -3.35. The second-order valence-electron chi connectivity index (χ2n) is 6.12. The number of nitrogens with one attached hydrogen (secondary N) is 2. The Balaban J connectivity index is 1.62. The van der Waals surface area contributed by atoms with Crippen LogP contribution in [-0.2, 0) is 12.6 Å². The van der Waals surface area contributed by atoms with E-state index in [9.17, 15) is 18.0 Å². The average Bonchev–Trinajstić information content (AvgIpc) is 2.69. The van der Waals surface area contributed by atoms with E-state index in [-0.39, 0.29) is 11.4 Å². The second kappa shape index (κ2) is 8.56. The summed E-state index contributed by atoms with van der Waals surface area (Å²) in [5, 5.41) is 5.66. The topological polar surface area (TPSA) is 54.0 Å². The Bertz CT molecular complexity index is 943. The van der Waals surface area contributed by atoms with Crippen LogP contribution in [0.3, 0.4) is 0 Å². The predicted molar refractivity (Wildman–Crippen MR) is 102 cm³/mol. The molecule has 1 amide bonds. The summed E-state index contributed by atoms with van der Waals surface area (Å²) in [4.78, 5) is 16.3. The molecule has 3 aromatic rings. The summed E-state index contributed by atoms with van der Waals surface area (Å²) in [5.41, 5.74) is 1.24. The van der Waals surface area contributed by atoms with Gasteiger partial charge in [-0.05, 0) is 42.3 Å². The zero-order chi connectivity index (χ0) is 20.0. The van der Waals surface area contributed by atoms with Gasteiger partial charge in [0.05, 0.1) is 5.56 Å². The minimum absolute atomic E-state index is 0.0593. The first-order chi connectivity index (χ1) is 13.4. The summed E-state index contributed by atoms with van der Waals surface area (Å²) in [6.07, 6.45) is -2.18. The maximum atomic E-state index is 12.8. The van der Waals surface area contributed by atoms with Crippen LogP contribution in [0.2, 0.25) is 0 Å². The highest BCUT2D eigenvalue weighted by molar-refractivity contribution is 6.03. The largest absolute Gasteiger partial charge is 0.416 e. The summed E-state index contributed by atoms with van der Waals surface area (Å²) < 4.78 is 38.4. The fourth-order valence-corrected chi connectivity index (χ4v) is 2.63. The highest BCUT2D eigenvalue weighted by atomic mass is 19.4. The van der Waals surface area contributed by atoms with E-state index in [1.54, 1.807) is 12.1 Å². The van der Waals surface area contributed by atoms with E-state index in [0.29, 0.717) is 12.2 Å². The summed E-state index contributed by atoms with van der Waals surface area (Å²) in [5.74, 6) is -0.578. The SMILES string of the molecule is O=C(Nc1cccc(C(F)(F)F)c1)c1cc(NCCc2ccccc2)ccn1. The van der Waals surface area contributed by atoms with Crippen molar-refractivity contribution in [1.82, 2.24) is 4.98 Å². The molecule has 0 aliphatic heterocycles. The van der Waals surface area contributed by atoms with Crippen molar-refractivity contribution in [2.45, 2.75) is 12.6 Å². The molecule has 0 spiro atoms. The highest BCUT2D eigenvalue weighted by Crippen LogP contribution is 2.30. The molecule has 1 heterocycles. The van der Waals surface area contributed by atoms with Gasteiger partial charge in [0, 0.05) is 24.1 Å². The van der Waals surface area contributed by atoms with E-state index in [4.69, 9.17) is 0 Å². The van der Waals surface area contributed by atoms with Crippen molar-refractivity contribution in [1.29, 1.82) is 0 Å². The Morgan fingerprint density at radius 1 is 0.929 bits per heavy atom. The molecule has 0 saturated heterocycles. The first-order valence-corrected chi connectivity index (χ1v) is 8.64. The number of pyridine rings is 1. The van der Waals surface area contributed by atoms with Gasteiger partial charge in [0.15, 0.2) is 0 Å². The van der Waals surface area contributed by atoms with Crippen molar-refractivity contribution in [3.05, 3.63) is 89.7 Å². The molecule has 0 bridgehead atoms. The third-order valence-electron chi connectivity index (χ3n) is 4.03. The molecular formula is C21H18F3N3O. The predicted octanol–water partition coefficient (Wildman–Crippen LogP) is 5.01. The van der Waals surface area contributed by atoms with Crippen molar-refractivity contribution in [2.24, 2.45) is 0 Å². The highest BCUT2D eigenvalue weighted by Gasteiger charge is 2.30. The van der Waals surface area contributed by atoms with Crippen LogP contribution in [-0.4, -0.2) is 17.4 Å². The number of hydrogen-bond donors (Lipinski definition) is 2. The van der Waals surface area contributed by atoms with E-state index >= 15 is 0 Å². The molecule has 1 aromatic heterocycles. The maximum absolute atomic E-state index is 12.8. The molecule has 2 N–H and O–H groups in total. The summed E-state index contributed by atoms with van der Waals surface area (Å²) in [6.45, 7) is 0.669. The number of alkyl halides is 3. The quantitative estimate of drug-likeness (QED) is 0.627. The molecule has 28 heavy (non-hydrogen) atoms. The number of carbonyl (C=O) groups excluding carboxylic acids is 1. The molecule has 0 aliphatic carbocycles. The van der Waals surface area contributed by atoms with Crippen molar-refractivity contribution in [2.75, 3.05) is 17.2 Å². The lowest BCUT2D eigenvalue weighted by atomic mass is 10.1. The van der Waals surface area contributed by atoms with Crippen LogP contribution in [0.5, 0.6) is 0 Å². The molecule has 0 saturated carbocycles. The number of nitrogens with zero attached hydrogens (tertiary/aromatic N) is 1. The Morgan fingerprint density at radius 2 is 1.71 bits per heavy atom. The van der Waals surface area contributed by atoms with E-state index in [1.807, 2.05) is 30.3 Å². The van der Waals surface area contributed by atoms with Crippen molar-refractivity contribution in [3.63, 3.8) is 0 Å². The van der Waals surface area contributed by atoms with E-state index in [2.05, 4.69) is 15.6 Å². The summed E-state index contributed by atoms with van der Waals surface area (Å²) in [6, 6.07) is 17.7. The third-order valence-corrected chi connectivity index (χ3v) is 4.03. The number of rotatable bonds is 6. The number of anilines is 2. The van der Waals surface area contributed by atoms with Crippen molar-refractivity contribution in [3.8, 4) is 0 Å². The minimum atomic E-state index is -4.47. The van der Waals surface area contributed by atoms with Gasteiger partial charge in [-0.3, -0.25) is 9.78 Å². The van der Waals surface area contributed by atoms with Crippen LogP contribution in [0.1, 0.15) is 21.6 Å². The van der Waals surface area contributed by atoms with Crippen LogP contribution in [0, 0.1) is 0 Å². The molecule has 0 atom stereocenters. The Morgan fingerprint density at radius 3 is 2.46 bits per heavy atom. The number of amides is 1. The van der Waals surface area contributed by atoms with E-state index in [1.165, 1.54) is 23.9 Å². The van der Waals surface area contributed by atoms with Crippen LogP contribution < -0.4 is 10.6 Å². The first kappa shape index (κ1) is 19.4. The van der Waals surface area contributed by atoms with Gasteiger partial charge in [0.2, 0.25) is 0 Å². The van der Waals surface area contributed by atoms with Gasteiger partial charge in [-0.1, -0.05) is 36.4 Å². The van der Waals surface area contributed by atoms with Gasteiger partial charge >= 0.3 is 6.18 Å². The zero-order valence-corrected chi connectivity index (χ0v) is 14.8. The zero-order valence-electron chi connectivity index (χ0n) is 14.8. The number of carbonyl (C=O) groups is 1. The van der Waals surface area contributed by atoms with E-state index in [0.717, 1.165) is 18.6 Å². The molecule has 0 fully saturated rings. The lowest BCUT2D eigenvalue weighted by Crippen LogP contribution is -2.15. The third kappa shape index (κ3) is 5.33. The van der Waals surface area contributed by atoms with Crippen LogP contribution in [0.4, 0.5) is 24.5 Å². The number of aromatic nitrogens is 1. The molecule has 0 radical (unpaired) electrons. The summed E-state index contributed by atoms with van der Waals surface area (Å²) in [7, 11) is 0. The normalized spacial score (nSPS) is 11.1. The lowest BCUT2D eigenvalue weighted by molar-refractivity contribution is -0.137. The lowest BCUT2D eigenvalue weighted by Gasteiger charge is -2.10. The van der Waals surface area contributed by atoms with Crippen LogP contribution in [0.15, 0.2) is 72.9 Å². The van der Waals surface area contributed by atoms with Crippen LogP contribution >= 0.6 is 0 Å². The molecular weight excluding hydrogens is 367 g/mol. The molecule has 2 aromatic carbocycles. The summed E-state index contributed by atoms with van der Waals surface area (Å²) >= 11 is 0. The van der Waals surface area contributed by atoms with Gasteiger partial charge in [0.1, 0.15) is 5.69 Å². The fourth-order valence-electron chi connectivity index (χ4n) is 2.63. The van der Waals surface area contributed by atoms with Crippen molar-refractivity contribution < 1.29 is 18.0 Å². The molecule has 4 nitrogen and oxygen atoms in total. The van der Waals surface area contributed by atoms with Gasteiger partial charge < -0.3 is 10.6 Å². The van der Waals surface area contributed by atoms with Gasteiger partial charge in [-0.15, -0.1) is 0 Å². The molecule has 0 unspecified atom stereocenters. The molecule has 144 valence electrons. The second-order valence-corrected chi connectivity index (χ2v) is 6.12. The maximum Gasteiger partial charge on any atom is 0.416 e. The Labute approximate surface area is 160 Å². The number of halogens is 3.